The number of aliphatic hydroxyl groups excluding tert-OH is 1. The van der Waals surface area contributed by atoms with Crippen LogP contribution in [-0.4, -0.2) is 23.1 Å². The van der Waals surface area contributed by atoms with Gasteiger partial charge in [-0.05, 0) is 30.9 Å². The number of hydrogen-bond donors (Lipinski definition) is 3. The lowest BCUT2D eigenvalue weighted by molar-refractivity contribution is -0.124. The van der Waals surface area contributed by atoms with Crippen molar-refractivity contribution in [3.8, 4) is 0 Å². The summed E-state index contributed by atoms with van der Waals surface area (Å²) in [7, 11) is 0. The number of carbonyl (C=O) groups is 1. The summed E-state index contributed by atoms with van der Waals surface area (Å²) in [6.45, 7) is 6.12. The number of halogens is 1. The van der Waals surface area contributed by atoms with Crippen molar-refractivity contribution in [3.63, 3.8) is 0 Å². The first kappa shape index (κ1) is 17.1. The van der Waals surface area contributed by atoms with Gasteiger partial charge in [0.15, 0.2) is 0 Å². The first-order chi connectivity index (χ1) is 9.26. The van der Waals surface area contributed by atoms with E-state index in [9.17, 15) is 9.90 Å². The van der Waals surface area contributed by atoms with Crippen LogP contribution in [0, 0.1) is 5.92 Å². The summed E-state index contributed by atoms with van der Waals surface area (Å²) in [5, 5.41) is 13.3. The number of aliphatic hydroxyl groups is 1. The van der Waals surface area contributed by atoms with E-state index < -0.39 is 17.6 Å². The molecule has 112 valence electrons. The third-order valence-corrected chi connectivity index (χ3v) is 4.03. The van der Waals surface area contributed by atoms with Gasteiger partial charge in [-0.1, -0.05) is 48.0 Å². The van der Waals surface area contributed by atoms with E-state index in [1.807, 2.05) is 38.1 Å². The maximum atomic E-state index is 11.6. The van der Waals surface area contributed by atoms with Gasteiger partial charge in [0, 0.05) is 11.0 Å². The zero-order valence-electron chi connectivity index (χ0n) is 12.2. The van der Waals surface area contributed by atoms with E-state index in [1.165, 1.54) is 0 Å². The normalized spacial score (nSPS) is 15.9. The number of nitrogens with one attached hydrogen (secondary N) is 1. The predicted molar refractivity (Wildman–Crippen MR) is 84.2 cm³/mol. The van der Waals surface area contributed by atoms with Crippen molar-refractivity contribution in [3.05, 3.63) is 34.3 Å². The van der Waals surface area contributed by atoms with Crippen LogP contribution >= 0.6 is 15.9 Å². The van der Waals surface area contributed by atoms with E-state index in [0.717, 1.165) is 10.0 Å². The quantitative estimate of drug-likeness (QED) is 0.711. The maximum Gasteiger partial charge on any atom is 0.237 e. The molecule has 0 saturated carbocycles. The van der Waals surface area contributed by atoms with Gasteiger partial charge in [-0.25, -0.2) is 0 Å². The van der Waals surface area contributed by atoms with Crippen LogP contribution in [0.1, 0.15) is 38.9 Å². The first-order valence-electron chi connectivity index (χ1n) is 6.73. The van der Waals surface area contributed by atoms with Gasteiger partial charge in [0.05, 0.1) is 11.6 Å². The smallest absolute Gasteiger partial charge is 0.237 e. The molecule has 1 rings (SSSR count). The molecule has 0 saturated heterocycles. The molecule has 4 nitrogen and oxygen atoms in total. The molecule has 4 N–H and O–H groups in total. The predicted octanol–water partition coefficient (Wildman–Crippen LogP) is 2.36. The molecule has 0 aromatic heterocycles. The summed E-state index contributed by atoms with van der Waals surface area (Å²) in [5.41, 5.74) is 5.46. The molecule has 0 radical (unpaired) electrons. The van der Waals surface area contributed by atoms with Crippen molar-refractivity contribution in [2.24, 2.45) is 11.7 Å². The van der Waals surface area contributed by atoms with Crippen LogP contribution in [0.2, 0.25) is 0 Å². The minimum atomic E-state index is -0.809. The number of primary amides is 1. The van der Waals surface area contributed by atoms with Crippen LogP contribution in [0.5, 0.6) is 0 Å². The number of β-amino-alcohol motifs (C(OH)–C–C–N with tert-alkyl or cyclic N) is 1. The molecule has 0 aliphatic rings. The van der Waals surface area contributed by atoms with Gasteiger partial charge in [0.1, 0.15) is 0 Å². The van der Waals surface area contributed by atoms with E-state index in [2.05, 4.69) is 21.2 Å². The third-order valence-electron chi connectivity index (χ3n) is 3.31. The van der Waals surface area contributed by atoms with Gasteiger partial charge < -0.3 is 16.2 Å². The molecule has 0 fully saturated rings. The number of carbonyl (C=O) groups excluding carboxylic acids is 1. The van der Waals surface area contributed by atoms with E-state index in [-0.39, 0.29) is 6.54 Å². The highest BCUT2D eigenvalue weighted by atomic mass is 79.9. The van der Waals surface area contributed by atoms with Crippen molar-refractivity contribution < 1.29 is 9.90 Å². The lowest BCUT2D eigenvalue weighted by atomic mass is 9.89. The Labute approximate surface area is 128 Å². The maximum absolute atomic E-state index is 11.6. The van der Waals surface area contributed by atoms with Crippen molar-refractivity contribution in [1.29, 1.82) is 0 Å². The molecule has 2 atom stereocenters. The molecule has 5 heteroatoms. The second-order valence-corrected chi connectivity index (χ2v) is 6.57. The minimum Gasteiger partial charge on any atom is -0.387 e. The average molecular weight is 343 g/mol. The first-order valence-corrected chi connectivity index (χ1v) is 7.53. The van der Waals surface area contributed by atoms with Gasteiger partial charge in [-0.2, -0.15) is 0 Å². The fraction of sp³-hybridized carbons (Fsp3) is 0.533. The number of hydrogen-bond acceptors (Lipinski definition) is 3. The van der Waals surface area contributed by atoms with Gasteiger partial charge in [0.2, 0.25) is 5.91 Å². The van der Waals surface area contributed by atoms with E-state index in [1.54, 1.807) is 6.92 Å². The van der Waals surface area contributed by atoms with Gasteiger partial charge >= 0.3 is 0 Å². The monoisotopic (exact) mass is 342 g/mol. The molecular formula is C15H23BrN2O2. The molecule has 0 aliphatic carbocycles. The Morgan fingerprint density at radius 2 is 2.05 bits per heavy atom. The van der Waals surface area contributed by atoms with Crippen LogP contribution in [0.3, 0.4) is 0 Å². The Kier molecular flexibility index (Phi) is 6.17. The molecule has 20 heavy (non-hydrogen) atoms. The van der Waals surface area contributed by atoms with Gasteiger partial charge in [0.25, 0.3) is 0 Å². The van der Waals surface area contributed by atoms with Crippen LogP contribution in [0.4, 0.5) is 0 Å². The zero-order valence-corrected chi connectivity index (χ0v) is 13.8. The number of amides is 1. The molecule has 0 aliphatic heterocycles. The van der Waals surface area contributed by atoms with E-state index in [4.69, 9.17) is 5.73 Å². The SMILES string of the molecule is CC(C)CC(C)(NCC(O)c1ccccc1Br)C(N)=O. The second kappa shape index (κ2) is 7.20. The summed E-state index contributed by atoms with van der Waals surface area (Å²) < 4.78 is 0.846. The highest BCUT2D eigenvalue weighted by Crippen LogP contribution is 2.24. The molecule has 1 aromatic carbocycles. The molecule has 1 amide bonds. The van der Waals surface area contributed by atoms with Crippen LogP contribution in [0.25, 0.3) is 0 Å². The Balaban J connectivity index is 2.73. The Morgan fingerprint density at radius 3 is 2.55 bits per heavy atom. The summed E-state index contributed by atoms with van der Waals surface area (Å²) in [4.78, 5) is 11.6. The van der Waals surface area contributed by atoms with Gasteiger partial charge in [-0.15, -0.1) is 0 Å². The highest BCUT2D eigenvalue weighted by molar-refractivity contribution is 9.10. The summed E-state index contributed by atoms with van der Waals surface area (Å²) in [6, 6.07) is 7.48. The van der Waals surface area contributed by atoms with Crippen molar-refractivity contribution in [2.75, 3.05) is 6.54 Å². The van der Waals surface area contributed by atoms with Crippen LogP contribution in [-0.2, 0) is 4.79 Å². The molecular weight excluding hydrogens is 320 g/mol. The number of benzene rings is 1. The Hall–Kier alpha value is -0.910. The summed E-state index contributed by atoms with van der Waals surface area (Å²) in [6.07, 6.45) is -0.0678. The largest absolute Gasteiger partial charge is 0.387 e. The van der Waals surface area contributed by atoms with Crippen molar-refractivity contribution in [2.45, 2.75) is 38.8 Å². The van der Waals surface area contributed by atoms with E-state index >= 15 is 0 Å². The molecule has 0 bridgehead atoms. The van der Waals surface area contributed by atoms with Gasteiger partial charge in [-0.3, -0.25) is 4.79 Å². The minimum absolute atomic E-state index is 0.273. The lowest BCUT2D eigenvalue weighted by Crippen LogP contribution is -2.54. The molecule has 0 spiro atoms. The van der Waals surface area contributed by atoms with E-state index in [0.29, 0.717) is 12.3 Å². The third kappa shape index (κ3) is 4.58. The Morgan fingerprint density at radius 1 is 1.45 bits per heavy atom. The number of rotatable bonds is 7. The van der Waals surface area contributed by atoms with Crippen LogP contribution < -0.4 is 11.1 Å². The zero-order chi connectivity index (χ0) is 15.3. The lowest BCUT2D eigenvalue weighted by Gasteiger charge is -2.30. The standard InChI is InChI=1S/C15H23BrN2O2/c1-10(2)8-15(3,14(17)20)18-9-13(19)11-6-4-5-7-12(11)16/h4-7,10,13,18-19H,8-9H2,1-3H3,(H2,17,20). The van der Waals surface area contributed by atoms with Crippen molar-refractivity contribution in [1.82, 2.24) is 5.32 Å². The molecule has 0 heterocycles. The highest BCUT2D eigenvalue weighted by Gasteiger charge is 2.32. The number of nitrogens with two attached hydrogens (primary N) is 1. The van der Waals surface area contributed by atoms with Crippen LogP contribution in [0.15, 0.2) is 28.7 Å². The average Bonchev–Trinajstić information content (AvgIpc) is 2.35. The molecule has 1 aromatic rings. The molecule has 2 unspecified atom stereocenters. The van der Waals surface area contributed by atoms with Crippen molar-refractivity contribution >= 4 is 21.8 Å². The fourth-order valence-corrected chi connectivity index (χ4v) is 2.80. The topological polar surface area (TPSA) is 75.3 Å². The summed E-state index contributed by atoms with van der Waals surface area (Å²) in [5.74, 6) is -0.0638. The summed E-state index contributed by atoms with van der Waals surface area (Å²) >= 11 is 3.41. The Bertz CT molecular complexity index is 465. The second-order valence-electron chi connectivity index (χ2n) is 5.71. The fourth-order valence-electron chi connectivity index (χ4n) is 2.25.